The molecule has 3 rings (SSSR count). The Labute approximate surface area is 128 Å². The Bertz CT molecular complexity index is 696. The molecule has 2 aliphatic rings. The van der Waals surface area contributed by atoms with E-state index in [0.29, 0.717) is 11.1 Å². The van der Waals surface area contributed by atoms with E-state index in [1.54, 1.807) is 11.3 Å². The lowest BCUT2D eigenvalue weighted by atomic mass is 9.93. The highest BCUT2D eigenvalue weighted by Crippen LogP contribution is 2.39. The predicted octanol–water partition coefficient (Wildman–Crippen LogP) is 4.09. The van der Waals surface area contributed by atoms with Crippen molar-refractivity contribution in [1.82, 2.24) is 0 Å². The molecule has 110 valence electrons. The highest BCUT2D eigenvalue weighted by molar-refractivity contribution is 7.12. The zero-order valence-corrected chi connectivity index (χ0v) is 13.4. The summed E-state index contributed by atoms with van der Waals surface area (Å²) >= 11 is 1.70. The largest absolute Gasteiger partial charge is 0.386 e. The maximum absolute atomic E-state index is 12.2. The molecule has 0 atom stereocenters. The Morgan fingerprint density at radius 3 is 2.38 bits per heavy atom. The van der Waals surface area contributed by atoms with E-state index in [1.165, 1.54) is 9.75 Å². The number of aryl methyl sites for hydroxylation is 2. The van der Waals surface area contributed by atoms with Crippen LogP contribution in [0.5, 0.6) is 0 Å². The Morgan fingerprint density at radius 1 is 1.14 bits per heavy atom. The topological polar surface area (TPSA) is 43.4 Å². The molecule has 1 aromatic rings. The second-order valence-corrected chi connectivity index (χ2v) is 7.15. The molecule has 1 saturated heterocycles. The van der Waals surface area contributed by atoms with Crippen molar-refractivity contribution in [1.29, 1.82) is 0 Å². The predicted molar refractivity (Wildman–Crippen MR) is 83.0 cm³/mol. The van der Waals surface area contributed by atoms with Crippen molar-refractivity contribution in [2.45, 2.75) is 46.5 Å². The van der Waals surface area contributed by atoms with Gasteiger partial charge in [0, 0.05) is 9.75 Å². The fourth-order valence-corrected chi connectivity index (χ4v) is 4.22. The number of carbonyl (C=O) groups excluding carboxylic acids is 2. The summed E-state index contributed by atoms with van der Waals surface area (Å²) in [4.78, 5) is 26.6. The summed E-state index contributed by atoms with van der Waals surface area (Å²) in [5.41, 5.74) is 4.03. The van der Waals surface area contributed by atoms with Crippen LogP contribution in [0.2, 0.25) is 0 Å². The van der Waals surface area contributed by atoms with E-state index in [1.807, 2.05) is 20.8 Å². The fraction of sp³-hybridized carbons (Fsp3) is 0.412. The van der Waals surface area contributed by atoms with Crippen LogP contribution < -0.4 is 0 Å². The lowest BCUT2D eigenvalue weighted by Crippen LogP contribution is -2.00. The average Bonchev–Trinajstić information content (AvgIpc) is 3.09. The molecule has 3 nitrogen and oxygen atoms in total. The minimum Gasteiger partial charge on any atom is -0.386 e. The number of thiophene rings is 1. The van der Waals surface area contributed by atoms with E-state index in [-0.39, 0.29) is 0 Å². The minimum absolute atomic E-state index is 0.462. The van der Waals surface area contributed by atoms with Crippen LogP contribution in [-0.2, 0) is 14.3 Å². The Kier molecular flexibility index (Phi) is 3.57. The van der Waals surface area contributed by atoms with E-state index in [2.05, 4.69) is 6.07 Å². The van der Waals surface area contributed by atoms with Crippen LogP contribution in [-0.4, -0.2) is 11.9 Å². The van der Waals surface area contributed by atoms with E-state index >= 15 is 0 Å². The summed E-state index contributed by atoms with van der Waals surface area (Å²) in [7, 11) is 0. The van der Waals surface area contributed by atoms with Gasteiger partial charge in [-0.2, -0.15) is 0 Å². The van der Waals surface area contributed by atoms with Crippen LogP contribution >= 0.6 is 11.3 Å². The molecule has 2 fully saturated rings. The van der Waals surface area contributed by atoms with Crippen LogP contribution in [0.15, 0.2) is 22.8 Å². The molecule has 1 saturated carbocycles. The van der Waals surface area contributed by atoms with Crippen molar-refractivity contribution in [2.75, 3.05) is 0 Å². The number of esters is 2. The molecule has 0 amide bonds. The molecule has 4 heteroatoms. The highest BCUT2D eigenvalue weighted by atomic mass is 32.1. The van der Waals surface area contributed by atoms with Gasteiger partial charge in [0.15, 0.2) is 0 Å². The summed E-state index contributed by atoms with van der Waals surface area (Å²) < 4.78 is 4.90. The number of cyclic esters (lactones) is 2. The molecule has 2 heterocycles. The molecule has 1 aromatic heterocycles. The lowest BCUT2D eigenvalue weighted by Gasteiger charge is -2.06. The number of hydrogen-bond donors (Lipinski definition) is 0. The van der Waals surface area contributed by atoms with Gasteiger partial charge in [-0.25, -0.2) is 9.59 Å². The van der Waals surface area contributed by atoms with Crippen LogP contribution in [0.4, 0.5) is 0 Å². The molecule has 0 unspecified atom stereocenters. The van der Waals surface area contributed by atoms with Crippen molar-refractivity contribution in [3.05, 3.63) is 38.1 Å². The van der Waals surface area contributed by atoms with Crippen LogP contribution in [0, 0.1) is 13.8 Å². The van der Waals surface area contributed by atoms with Gasteiger partial charge in [-0.05, 0) is 63.7 Å². The van der Waals surface area contributed by atoms with Gasteiger partial charge in [-0.15, -0.1) is 11.3 Å². The first-order chi connectivity index (χ1) is 9.99. The molecular weight excluding hydrogens is 284 g/mol. The molecule has 1 aliphatic carbocycles. The van der Waals surface area contributed by atoms with Gasteiger partial charge in [-0.1, -0.05) is 5.57 Å². The summed E-state index contributed by atoms with van der Waals surface area (Å²) in [6.45, 7) is 6.01. The Morgan fingerprint density at radius 2 is 1.81 bits per heavy atom. The maximum Gasteiger partial charge on any atom is 0.347 e. The molecule has 0 spiro atoms. The zero-order chi connectivity index (χ0) is 15.1. The minimum atomic E-state index is -0.491. The number of carbonyl (C=O) groups is 2. The molecule has 1 aliphatic heterocycles. The molecule has 0 bridgehead atoms. The van der Waals surface area contributed by atoms with Gasteiger partial charge in [0.05, 0.1) is 11.1 Å². The van der Waals surface area contributed by atoms with Gasteiger partial charge in [0.25, 0.3) is 0 Å². The lowest BCUT2D eigenvalue weighted by molar-refractivity contribution is -0.149. The summed E-state index contributed by atoms with van der Waals surface area (Å²) in [6.07, 6.45) is 3.97. The van der Waals surface area contributed by atoms with Crippen LogP contribution in [0.1, 0.15) is 47.9 Å². The van der Waals surface area contributed by atoms with Crippen molar-refractivity contribution < 1.29 is 14.3 Å². The monoisotopic (exact) mass is 302 g/mol. The normalized spacial score (nSPS) is 21.3. The van der Waals surface area contributed by atoms with Crippen molar-refractivity contribution in [3.63, 3.8) is 0 Å². The number of rotatable bonds is 1. The van der Waals surface area contributed by atoms with Gasteiger partial charge in [-0.3, -0.25) is 0 Å². The van der Waals surface area contributed by atoms with Crippen molar-refractivity contribution >= 4 is 28.8 Å². The van der Waals surface area contributed by atoms with Gasteiger partial charge in [0.2, 0.25) is 0 Å². The number of ether oxygens (including phenoxy) is 1. The zero-order valence-electron chi connectivity index (χ0n) is 12.5. The van der Waals surface area contributed by atoms with E-state index in [4.69, 9.17) is 4.74 Å². The third kappa shape index (κ3) is 2.38. The second-order valence-electron chi connectivity index (χ2n) is 5.69. The molecule has 0 radical (unpaired) electrons. The SMILES string of the molecule is C/C(=C1/C(=O)OC(=O)C1=C1CCCC1)c1cc(C)sc1C. The summed E-state index contributed by atoms with van der Waals surface area (Å²) in [6, 6.07) is 2.08. The molecule has 0 N–H and O–H groups in total. The van der Waals surface area contributed by atoms with Crippen molar-refractivity contribution in [3.8, 4) is 0 Å². The van der Waals surface area contributed by atoms with Crippen LogP contribution in [0.3, 0.4) is 0 Å². The quantitative estimate of drug-likeness (QED) is 0.446. The summed E-state index contributed by atoms with van der Waals surface area (Å²) in [5.74, 6) is -0.953. The van der Waals surface area contributed by atoms with E-state index in [9.17, 15) is 9.59 Å². The standard InChI is InChI=1S/C17H18O3S/c1-9-8-13(11(3)21-9)10(2)14-15(12-6-4-5-7-12)17(19)20-16(14)18/h8H,4-7H2,1-3H3/b14-10-. The van der Waals surface area contributed by atoms with E-state index < -0.39 is 11.9 Å². The van der Waals surface area contributed by atoms with Crippen molar-refractivity contribution in [2.24, 2.45) is 0 Å². The smallest absolute Gasteiger partial charge is 0.347 e. The Hall–Kier alpha value is -1.68. The highest BCUT2D eigenvalue weighted by Gasteiger charge is 2.38. The first-order valence-electron chi connectivity index (χ1n) is 7.26. The fourth-order valence-electron chi connectivity index (χ4n) is 3.24. The maximum atomic E-state index is 12.2. The van der Waals surface area contributed by atoms with Gasteiger partial charge < -0.3 is 4.74 Å². The third-order valence-corrected chi connectivity index (χ3v) is 5.19. The second kappa shape index (κ2) is 5.26. The molecule has 0 aromatic carbocycles. The van der Waals surface area contributed by atoms with Gasteiger partial charge in [0.1, 0.15) is 0 Å². The molecule has 21 heavy (non-hydrogen) atoms. The average molecular weight is 302 g/mol. The van der Waals surface area contributed by atoms with Crippen LogP contribution in [0.25, 0.3) is 5.57 Å². The summed E-state index contributed by atoms with van der Waals surface area (Å²) in [5, 5.41) is 0. The number of hydrogen-bond acceptors (Lipinski definition) is 4. The number of allylic oxidation sites excluding steroid dienone is 2. The Balaban J connectivity index is 2.20. The van der Waals surface area contributed by atoms with Gasteiger partial charge >= 0.3 is 11.9 Å². The first kappa shape index (κ1) is 14.3. The van der Waals surface area contributed by atoms with E-state index in [0.717, 1.165) is 42.4 Å². The first-order valence-corrected chi connectivity index (χ1v) is 8.08. The molecular formula is C17H18O3S. The third-order valence-electron chi connectivity index (χ3n) is 4.22.